The molecule has 5 nitrogen and oxygen atoms in total. The standard InChI is InChI=1S/C18H20ClNO4S/c1-24-17-5-3-2-4-14(17)10-12-20-18(21)11-13-25(22,23)16-8-6-15(19)7-9-16/h2-9H,10-13H2,1H3,(H,20,21). The molecule has 2 rings (SSSR count). The Hall–Kier alpha value is -2.05. The van der Waals surface area contributed by atoms with E-state index in [4.69, 9.17) is 16.3 Å². The lowest BCUT2D eigenvalue weighted by molar-refractivity contribution is -0.120. The van der Waals surface area contributed by atoms with E-state index >= 15 is 0 Å². The minimum atomic E-state index is -3.50. The highest BCUT2D eigenvalue weighted by molar-refractivity contribution is 7.91. The lowest BCUT2D eigenvalue weighted by Gasteiger charge is -2.09. The van der Waals surface area contributed by atoms with E-state index in [9.17, 15) is 13.2 Å². The highest BCUT2D eigenvalue weighted by Crippen LogP contribution is 2.17. The largest absolute Gasteiger partial charge is 0.496 e. The third-order valence-electron chi connectivity index (χ3n) is 3.68. The van der Waals surface area contributed by atoms with Crippen LogP contribution in [0.3, 0.4) is 0 Å². The van der Waals surface area contributed by atoms with E-state index in [2.05, 4.69) is 5.32 Å². The molecular weight excluding hydrogens is 362 g/mol. The predicted molar refractivity (Wildman–Crippen MR) is 97.8 cm³/mol. The SMILES string of the molecule is COc1ccccc1CCNC(=O)CCS(=O)(=O)c1ccc(Cl)cc1. The second kappa shape index (κ2) is 8.87. The van der Waals surface area contributed by atoms with Crippen LogP contribution in [0.4, 0.5) is 0 Å². The monoisotopic (exact) mass is 381 g/mol. The van der Waals surface area contributed by atoms with Crippen LogP contribution in [0.2, 0.25) is 5.02 Å². The van der Waals surface area contributed by atoms with Crippen LogP contribution in [-0.4, -0.2) is 33.7 Å². The van der Waals surface area contributed by atoms with Crippen molar-refractivity contribution in [1.29, 1.82) is 0 Å². The van der Waals surface area contributed by atoms with Gasteiger partial charge in [-0.15, -0.1) is 0 Å². The summed E-state index contributed by atoms with van der Waals surface area (Å²) in [6.45, 7) is 0.417. The number of nitrogens with one attached hydrogen (secondary N) is 1. The molecule has 2 aromatic rings. The minimum absolute atomic E-state index is 0.0864. The van der Waals surface area contributed by atoms with Crippen molar-refractivity contribution in [3.8, 4) is 5.75 Å². The van der Waals surface area contributed by atoms with E-state index < -0.39 is 9.84 Å². The molecule has 0 unspecified atom stereocenters. The fourth-order valence-electron chi connectivity index (χ4n) is 2.32. The van der Waals surface area contributed by atoms with Crippen molar-refractivity contribution in [2.24, 2.45) is 0 Å². The normalized spacial score (nSPS) is 11.1. The Morgan fingerprint density at radius 2 is 1.80 bits per heavy atom. The van der Waals surface area contributed by atoms with Crippen LogP contribution >= 0.6 is 11.6 Å². The molecule has 0 saturated carbocycles. The van der Waals surface area contributed by atoms with Gasteiger partial charge < -0.3 is 10.1 Å². The average molecular weight is 382 g/mol. The lowest BCUT2D eigenvalue weighted by Crippen LogP contribution is -2.27. The van der Waals surface area contributed by atoms with Crippen LogP contribution in [0.15, 0.2) is 53.4 Å². The molecule has 0 atom stereocenters. The first kappa shape index (κ1) is 19.3. The average Bonchev–Trinajstić information content (AvgIpc) is 2.61. The van der Waals surface area contributed by atoms with Gasteiger partial charge in [0, 0.05) is 18.0 Å². The Morgan fingerprint density at radius 3 is 2.48 bits per heavy atom. The molecule has 0 aliphatic heterocycles. The molecule has 1 N–H and O–H groups in total. The number of sulfone groups is 1. The first-order valence-corrected chi connectivity index (χ1v) is 9.82. The zero-order chi connectivity index (χ0) is 18.3. The van der Waals surface area contributed by atoms with E-state index in [-0.39, 0.29) is 23.0 Å². The fraction of sp³-hybridized carbons (Fsp3) is 0.278. The van der Waals surface area contributed by atoms with Crippen LogP contribution in [0.1, 0.15) is 12.0 Å². The van der Waals surface area contributed by atoms with Gasteiger partial charge in [-0.2, -0.15) is 0 Å². The van der Waals surface area contributed by atoms with Crippen molar-refractivity contribution in [3.05, 3.63) is 59.1 Å². The molecule has 0 heterocycles. The number of carbonyl (C=O) groups excluding carboxylic acids is 1. The van der Waals surface area contributed by atoms with Crippen molar-refractivity contribution in [3.63, 3.8) is 0 Å². The second-order valence-electron chi connectivity index (χ2n) is 5.43. The van der Waals surface area contributed by atoms with Gasteiger partial charge in [-0.1, -0.05) is 29.8 Å². The van der Waals surface area contributed by atoms with Crippen molar-refractivity contribution in [1.82, 2.24) is 5.32 Å². The Bertz CT molecular complexity index is 819. The number of hydrogen-bond donors (Lipinski definition) is 1. The Labute approximate surface area is 152 Å². The number of hydrogen-bond acceptors (Lipinski definition) is 4. The number of amides is 1. The van der Waals surface area contributed by atoms with Gasteiger partial charge in [-0.25, -0.2) is 8.42 Å². The quantitative estimate of drug-likeness (QED) is 0.763. The zero-order valence-corrected chi connectivity index (χ0v) is 15.4. The third kappa shape index (κ3) is 5.76. The summed E-state index contributed by atoms with van der Waals surface area (Å²) in [6, 6.07) is 13.5. The molecule has 0 bridgehead atoms. The molecule has 0 saturated heterocycles. The summed E-state index contributed by atoms with van der Waals surface area (Å²) < 4.78 is 29.6. The zero-order valence-electron chi connectivity index (χ0n) is 13.9. The Kier molecular flexibility index (Phi) is 6.84. The van der Waals surface area contributed by atoms with Gasteiger partial charge in [0.1, 0.15) is 5.75 Å². The number of benzene rings is 2. The number of carbonyl (C=O) groups is 1. The minimum Gasteiger partial charge on any atom is -0.496 e. The van der Waals surface area contributed by atoms with Crippen molar-refractivity contribution < 1.29 is 17.9 Å². The molecule has 2 aromatic carbocycles. The van der Waals surface area contributed by atoms with Gasteiger partial charge in [0.15, 0.2) is 9.84 Å². The van der Waals surface area contributed by atoms with Gasteiger partial charge in [-0.05, 0) is 42.3 Å². The van der Waals surface area contributed by atoms with Crippen molar-refractivity contribution in [2.75, 3.05) is 19.4 Å². The number of methoxy groups -OCH3 is 1. The lowest BCUT2D eigenvalue weighted by atomic mass is 10.1. The van der Waals surface area contributed by atoms with Crippen LogP contribution in [0.5, 0.6) is 5.75 Å². The highest BCUT2D eigenvalue weighted by Gasteiger charge is 2.16. The van der Waals surface area contributed by atoms with E-state index in [0.29, 0.717) is 18.0 Å². The maximum atomic E-state index is 12.2. The molecule has 0 spiro atoms. The summed E-state index contributed by atoms with van der Waals surface area (Å²) in [5.41, 5.74) is 0.985. The summed E-state index contributed by atoms with van der Waals surface area (Å²) in [6.07, 6.45) is 0.524. The molecule has 0 aromatic heterocycles. The fourth-order valence-corrected chi connectivity index (χ4v) is 3.69. The second-order valence-corrected chi connectivity index (χ2v) is 7.98. The summed E-state index contributed by atoms with van der Waals surface area (Å²) in [4.78, 5) is 12.1. The van der Waals surface area contributed by atoms with E-state index in [1.807, 2.05) is 24.3 Å². The maximum Gasteiger partial charge on any atom is 0.221 e. The smallest absolute Gasteiger partial charge is 0.221 e. The molecule has 25 heavy (non-hydrogen) atoms. The highest BCUT2D eigenvalue weighted by atomic mass is 35.5. The van der Waals surface area contributed by atoms with Crippen LogP contribution in [0, 0.1) is 0 Å². The number of halogens is 1. The Morgan fingerprint density at radius 1 is 1.12 bits per heavy atom. The van der Waals surface area contributed by atoms with Gasteiger partial charge in [0.25, 0.3) is 0 Å². The predicted octanol–water partition coefficient (Wildman–Crippen LogP) is 2.87. The first-order chi connectivity index (χ1) is 11.9. The summed E-state index contributed by atoms with van der Waals surface area (Å²) in [5.74, 6) is 0.226. The van der Waals surface area contributed by atoms with E-state index in [1.54, 1.807) is 7.11 Å². The molecule has 0 fully saturated rings. The number of ether oxygens (including phenoxy) is 1. The molecular formula is C18H20ClNO4S. The molecule has 134 valence electrons. The first-order valence-electron chi connectivity index (χ1n) is 7.79. The van der Waals surface area contributed by atoms with Crippen LogP contribution in [-0.2, 0) is 21.1 Å². The van der Waals surface area contributed by atoms with Crippen LogP contribution < -0.4 is 10.1 Å². The van der Waals surface area contributed by atoms with E-state index in [1.165, 1.54) is 24.3 Å². The van der Waals surface area contributed by atoms with Gasteiger partial charge in [-0.3, -0.25) is 4.79 Å². The van der Waals surface area contributed by atoms with Crippen LogP contribution in [0.25, 0.3) is 0 Å². The molecule has 0 radical (unpaired) electrons. The molecule has 7 heteroatoms. The molecule has 0 aliphatic carbocycles. The van der Waals surface area contributed by atoms with Crippen molar-refractivity contribution in [2.45, 2.75) is 17.7 Å². The van der Waals surface area contributed by atoms with Crippen molar-refractivity contribution >= 4 is 27.3 Å². The summed E-state index contributed by atoms with van der Waals surface area (Å²) in [5, 5.41) is 3.20. The summed E-state index contributed by atoms with van der Waals surface area (Å²) in [7, 11) is -1.90. The number of para-hydroxylation sites is 1. The van der Waals surface area contributed by atoms with Gasteiger partial charge in [0.2, 0.25) is 5.91 Å². The molecule has 0 aliphatic rings. The third-order valence-corrected chi connectivity index (χ3v) is 5.66. The topological polar surface area (TPSA) is 72.5 Å². The maximum absolute atomic E-state index is 12.2. The number of rotatable bonds is 8. The summed E-state index contributed by atoms with van der Waals surface area (Å²) >= 11 is 5.75. The Balaban J connectivity index is 1.81. The van der Waals surface area contributed by atoms with Gasteiger partial charge >= 0.3 is 0 Å². The van der Waals surface area contributed by atoms with Gasteiger partial charge in [0.05, 0.1) is 17.8 Å². The molecule has 1 amide bonds. The van der Waals surface area contributed by atoms with E-state index in [0.717, 1.165) is 11.3 Å².